The van der Waals surface area contributed by atoms with Gasteiger partial charge in [-0.25, -0.2) is 4.98 Å². The van der Waals surface area contributed by atoms with Gasteiger partial charge in [-0.15, -0.1) is 0 Å². The summed E-state index contributed by atoms with van der Waals surface area (Å²) < 4.78 is 0. The van der Waals surface area contributed by atoms with E-state index in [-0.39, 0.29) is 0 Å². The SMILES string of the molecule is Cc1ccccc1N(C)c1cc(C(N)=S)ccn1. The van der Waals surface area contributed by atoms with Gasteiger partial charge in [-0.2, -0.15) is 0 Å². The van der Waals surface area contributed by atoms with Crippen LogP contribution in [-0.4, -0.2) is 17.0 Å². The van der Waals surface area contributed by atoms with Crippen LogP contribution in [0.2, 0.25) is 0 Å². The molecule has 0 unspecified atom stereocenters. The molecule has 0 saturated carbocycles. The Bertz CT molecular complexity index is 581. The molecule has 0 aliphatic rings. The van der Waals surface area contributed by atoms with Gasteiger partial charge in [0.25, 0.3) is 0 Å². The van der Waals surface area contributed by atoms with Crippen molar-refractivity contribution in [3.05, 3.63) is 53.7 Å². The molecule has 0 aliphatic carbocycles. The molecule has 4 heteroatoms. The Morgan fingerprint density at radius 2 is 2.00 bits per heavy atom. The molecule has 0 bridgehead atoms. The average Bonchev–Trinajstić information content (AvgIpc) is 2.38. The molecule has 0 radical (unpaired) electrons. The van der Waals surface area contributed by atoms with Crippen LogP contribution >= 0.6 is 12.2 Å². The van der Waals surface area contributed by atoms with E-state index < -0.39 is 0 Å². The Labute approximate surface area is 112 Å². The van der Waals surface area contributed by atoms with Gasteiger partial charge in [-0.1, -0.05) is 30.4 Å². The highest BCUT2D eigenvalue weighted by Gasteiger charge is 2.08. The largest absolute Gasteiger partial charge is 0.389 e. The molecule has 3 nitrogen and oxygen atoms in total. The molecule has 1 aromatic carbocycles. The molecule has 0 saturated heterocycles. The number of aryl methyl sites for hydroxylation is 1. The van der Waals surface area contributed by atoms with Gasteiger partial charge in [0.2, 0.25) is 0 Å². The molecule has 0 amide bonds. The predicted octanol–water partition coefficient (Wildman–Crippen LogP) is 2.79. The van der Waals surface area contributed by atoms with Crippen molar-refractivity contribution in [3.63, 3.8) is 0 Å². The number of anilines is 2. The Hall–Kier alpha value is -1.94. The lowest BCUT2D eigenvalue weighted by atomic mass is 10.2. The van der Waals surface area contributed by atoms with Crippen LogP contribution in [-0.2, 0) is 0 Å². The van der Waals surface area contributed by atoms with Crippen molar-refractivity contribution >= 4 is 28.7 Å². The molecule has 2 N–H and O–H groups in total. The maximum absolute atomic E-state index is 5.64. The molecule has 0 fully saturated rings. The third-order valence-corrected chi connectivity index (χ3v) is 3.09. The smallest absolute Gasteiger partial charge is 0.133 e. The highest BCUT2D eigenvalue weighted by molar-refractivity contribution is 7.80. The molecule has 0 spiro atoms. The summed E-state index contributed by atoms with van der Waals surface area (Å²) in [5.74, 6) is 0.828. The van der Waals surface area contributed by atoms with E-state index in [0.717, 1.165) is 17.1 Å². The van der Waals surface area contributed by atoms with Crippen LogP contribution in [0, 0.1) is 6.92 Å². The second-order valence-corrected chi connectivity index (χ2v) is 4.55. The summed E-state index contributed by atoms with van der Waals surface area (Å²) in [5.41, 5.74) is 8.78. The van der Waals surface area contributed by atoms with Gasteiger partial charge in [0.15, 0.2) is 0 Å². The number of nitrogens with two attached hydrogens (primary N) is 1. The monoisotopic (exact) mass is 257 g/mol. The number of para-hydroxylation sites is 1. The normalized spacial score (nSPS) is 10.1. The minimum Gasteiger partial charge on any atom is -0.389 e. The van der Waals surface area contributed by atoms with Crippen LogP contribution in [0.15, 0.2) is 42.6 Å². The number of aromatic nitrogens is 1. The van der Waals surface area contributed by atoms with Gasteiger partial charge >= 0.3 is 0 Å². The summed E-state index contributed by atoms with van der Waals surface area (Å²) in [4.78, 5) is 6.76. The number of rotatable bonds is 3. The van der Waals surface area contributed by atoms with Gasteiger partial charge in [0.1, 0.15) is 10.8 Å². The van der Waals surface area contributed by atoms with Gasteiger partial charge in [0, 0.05) is 24.5 Å². The minimum atomic E-state index is 0.386. The third kappa shape index (κ3) is 2.49. The zero-order valence-corrected chi connectivity index (χ0v) is 11.2. The highest BCUT2D eigenvalue weighted by atomic mass is 32.1. The van der Waals surface area contributed by atoms with Crippen molar-refractivity contribution < 1.29 is 0 Å². The van der Waals surface area contributed by atoms with E-state index in [1.54, 1.807) is 6.20 Å². The Morgan fingerprint density at radius 1 is 1.28 bits per heavy atom. The van der Waals surface area contributed by atoms with Gasteiger partial charge in [-0.05, 0) is 30.7 Å². The van der Waals surface area contributed by atoms with Crippen molar-refractivity contribution in [3.8, 4) is 0 Å². The predicted molar refractivity (Wildman–Crippen MR) is 79.4 cm³/mol. The summed E-state index contributed by atoms with van der Waals surface area (Å²) in [5, 5.41) is 0. The average molecular weight is 257 g/mol. The molecule has 0 atom stereocenters. The van der Waals surface area contributed by atoms with Crippen molar-refractivity contribution in [1.29, 1.82) is 0 Å². The van der Waals surface area contributed by atoms with Crippen molar-refractivity contribution in [2.45, 2.75) is 6.92 Å². The maximum atomic E-state index is 5.64. The van der Waals surface area contributed by atoms with E-state index in [2.05, 4.69) is 24.0 Å². The number of hydrogen-bond acceptors (Lipinski definition) is 3. The van der Waals surface area contributed by atoms with E-state index in [4.69, 9.17) is 18.0 Å². The van der Waals surface area contributed by atoms with E-state index >= 15 is 0 Å². The lowest BCUT2D eigenvalue weighted by Crippen LogP contribution is -2.15. The summed E-state index contributed by atoms with van der Waals surface area (Å²) in [6.45, 7) is 2.07. The van der Waals surface area contributed by atoms with E-state index in [1.165, 1.54) is 5.56 Å². The van der Waals surface area contributed by atoms with Crippen LogP contribution in [0.25, 0.3) is 0 Å². The molecular weight excluding hydrogens is 242 g/mol. The number of thiocarbonyl (C=S) groups is 1. The first kappa shape index (κ1) is 12.5. The molecule has 0 aliphatic heterocycles. The summed E-state index contributed by atoms with van der Waals surface area (Å²) >= 11 is 4.98. The minimum absolute atomic E-state index is 0.386. The number of benzene rings is 1. The highest BCUT2D eigenvalue weighted by Crippen LogP contribution is 2.25. The summed E-state index contributed by atoms with van der Waals surface area (Å²) in [6, 6.07) is 11.9. The van der Waals surface area contributed by atoms with Crippen LogP contribution < -0.4 is 10.6 Å². The van der Waals surface area contributed by atoms with Gasteiger partial charge in [0.05, 0.1) is 0 Å². The van der Waals surface area contributed by atoms with Gasteiger partial charge in [-0.3, -0.25) is 0 Å². The topological polar surface area (TPSA) is 42.1 Å². The molecule has 92 valence electrons. The quantitative estimate of drug-likeness (QED) is 0.859. The molecule has 2 aromatic rings. The first-order valence-corrected chi connectivity index (χ1v) is 6.05. The second kappa shape index (κ2) is 5.14. The number of nitrogens with zero attached hydrogens (tertiary/aromatic N) is 2. The standard InChI is InChI=1S/C14H15N3S/c1-10-5-3-4-6-12(10)17(2)13-9-11(14(15)18)7-8-16-13/h3-9H,1-2H3,(H2,15,18). The Balaban J connectivity index is 2.40. The lowest BCUT2D eigenvalue weighted by molar-refractivity contribution is 1.11. The van der Waals surface area contributed by atoms with Gasteiger partial charge < -0.3 is 10.6 Å². The summed E-state index contributed by atoms with van der Waals surface area (Å²) in [7, 11) is 1.98. The van der Waals surface area contributed by atoms with E-state index in [0.29, 0.717) is 4.99 Å². The van der Waals surface area contributed by atoms with E-state index in [1.807, 2.05) is 36.2 Å². The molecule has 1 aromatic heterocycles. The lowest BCUT2D eigenvalue weighted by Gasteiger charge is -2.20. The molecule has 2 rings (SSSR count). The number of pyridine rings is 1. The van der Waals surface area contributed by atoms with Crippen molar-refractivity contribution in [1.82, 2.24) is 4.98 Å². The van der Waals surface area contributed by atoms with Crippen molar-refractivity contribution in [2.75, 3.05) is 11.9 Å². The maximum Gasteiger partial charge on any atom is 0.133 e. The molecular formula is C14H15N3S. The first-order chi connectivity index (χ1) is 8.59. The Kier molecular flexibility index (Phi) is 3.58. The zero-order chi connectivity index (χ0) is 13.1. The van der Waals surface area contributed by atoms with Crippen LogP contribution in [0.4, 0.5) is 11.5 Å². The number of hydrogen-bond donors (Lipinski definition) is 1. The van der Waals surface area contributed by atoms with Crippen LogP contribution in [0.5, 0.6) is 0 Å². The summed E-state index contributed by atoms with van der Waals surface area (Å²) in [6.07, 6.45) is 1.72. The molecule has 1 heterocycles. The fourth-order valence-electron chi connectivity index (χ4n) is 1.82. The fourth-order valence-corrected chi connectivity index (χ4v) is 1.95. The second-order valence-electron chi connectivity index (χ2n) is 4.11. The van der Waals surface area contributed by atoms with E-state index in [9.17, 15) is 0 Å². The Morgan fingerprint density at radius 3 is 2.67 bits per heavy atom. The third-order valence-electron chi connectivity index (χ3n) is 2.85. The zero-order valence-electron chi connectivity index (χ0n) is 10.4. The van der Waals surface area contributed by atoms with Crippen molar-refractivity contribution in [2.24, 2.45) is 5.73 Å². The fraction of sp³-hybridized carbons (Fsp3) is 0.143. The first-order valence-electron chi connectivity index (χ1n) is 5.65. The van der Waals surface area contributed by atoms with Crippen LogP contribution in [0.1, 0.15) is 11.1 Å². The van der Waals surface area contributed by atoms with Crippen LogP contribution in [0.3, 0.4) is 0 Å². The molecule has 18 heavy (non-hydrogen) atoms.